The first-order valence-corrected chi connectivity index (χ1v) is 10.1. The molecular weight excluding hydrogens is 384 g/mol. The highest BCUT2D eigenvalue weighted by molar-refractivity contribution is 6.27. The Balaban J connectivity index is 0.000000396. The van der Waals surface area contributed by atoms with Gasteiger partial charge in [-0.2, -0.15) is 0 Å². The smallest absolute Gasteiger partial charge is 0.293 e. The molecule has 3 N–H and O–H groups in total. The zero-order valence-corrected chi connectivity index (χ0v) is 17.7. The second kappa shape index (κ2) is 10.7. The van der Waals surface area contributed by atoms with Gasteiger partial charge in [-0.15, -0.1) is 0 Å². The standard InChI is InChI=1S/C18H20N2O3.C5H10O2/c21-16(13-8-4-5-11-19-13)15-17(22)14(20-18(15)23)10-9-12-6-2-1-3-7-12;1-5(2,3)7-4-6/h1-3,6-7,9-10,13-14,19,21H,4-5,8,11H2,(H,20,23);4H,1-3H3. The molecule has 1 aromatic rings. The number of piperidine rings is 1. The summed E-state index contributed by atoms with van der Waals surface area (Å²) in [4.78, 5) is 34.1. The van der Waals surface area contributed by atoms with Gasteiger partial charge in [-0.05, 0) is 45.7 Å². The number of rotatable bonds is 4. The maximum Gasteiger partial charge on any atom is 0.293 e. The Morgan fingerprint density at radius 3 is 2.40 bits per heavy atom. The van der Waals surface area contributed by atoms with E-state index < -0.39 is 11.9 Å². The molecule has 0 aliphatic carbocycles. The monoisotopic (exact) mass is 414 g/mol. The van der Waals surface area contributed by atoms with E-state index in [0.29, 0.717) is 6.47 Å². The van der Waals surface area contributed by atoms with Crippen molar-refractivity contribution in [1.29, 1.82) is 0 Å². The lowest BCUT2D eigenvalue weighted by Crippen LogP contribution is -2.37. The van der Waals surface area contributed by atoms with Gasteiger partial charge in [0.1, 0.15) is 23.0 Å². The quantitative estimate of drug-likeness (QED) is 0.303. The molecule has 3 rings (SSSR count). The van der Waals surface area contributed by atoms with Crippen LogP contribution in [0.25, 0.3) is 6.08 Å². The highest BCUT2D eigenvalue weighted by Crippen LogP contribution is 2.21. The Kier molecular flexibility index (Phi) is 8.35. The molecule has 2 saturated heterocycles. The van der Waals surface area contributed by atoms with E-state index in [9.17, 15) is 19.5 Å². The summed E-state index contributed by atoms with van der Waals surface area (Å²) in [5.74, 6) is -0.988. The lowest BCUT2D eigenvalue weighted by Gasteiger charge is -2.23. The molecule has 0 spiro atoms. The zero-order chi connectivity index (χ0) is 22.1. The molecule has 0 aromatic heterocycles. The van der Waals surface area contributed by atoms with Crippen molar-refractivity contribution in [2.24, 2.45) is 0 Å². The van der Waals surface area contributed by atoms with E-state index in [4.69, 9.17) is 0 Å². The van der Waals surface area contributed by atoms with Crippen LogP contribution >= 0.6 is 0 Å². The number of nitrogens with one attached hydrogen (secondary N) is 2. The minimum Gasteiger partial charge on any atom is -0.510 e. The number of aliphatic hydroxyl groups excluding tert-OH is 1. The molecular formula is C23H30N2O5. The zero-order valence-electron chi connectivity index (χ0n) is 17.7. The lowest BCUT2D eigenvalue weighted by atomic mass is 9.98. The van der Waals surface area contributed by atoms with Crippen molar-refractivity contribution in [3.63, 3.8) is 0 Å². The number of aliphatic hydroxyl groups is 1. The Labute approximate surface area is 177 Å². The second-order valence-corrected chi connectivity index (χ2v) is 8.17. The molecule has 7 nitrogen and oxygen atoms in total. The topological polar surface area (TPSA) is 105 Å². The molecule has 0 saturated carbocycles. The van der Waals surface area contributed by atoms with E-state index in [1.54, 1.807) is 12.2 Å². The minimum absolute atomic E-state index is 0.105. The summed E-state index contributed by atoms with van der Waals surface area (Å²) < 4.78 is 4.55. The fourth-order valence-corrected chi connectivity index (χ4v) is 3.10. The van der Waals surface area contributed by atoms with Gasteiger partial charge in [0.2, 0.25) is 0 Å². The van der Waals surface area contributed by atoms with Gasteiger partial charge in [0, 0.05) is 0 Å². The molecule has 0 radical (unpaired) electrons. The van der Waals surface area contributed by atoms with Crippen molar-refractivity contribution in [2.45, 2.75) is 57.7 Å². The third-order valence-corrected chi connectivity index (χ3v) is 4.62. The van der Waals surface area contributed by atoms with Crippen molar-refractivity contribution in [3.05, 3.63) is 53.3 Å². The molecule has 30 heavy (non-hydrogen) atoms. The first kappa shape index (κ1) is 23.3. The van der Waals surface area contributed by atoms with Gasteiger partial charge < -0.3 is 20.5 Å². The highest BCUT2D eigenvalue weighted by atomic mass is 16.5. The average Bonchev–Trinajstić information content (AvgIpc) is 3.00. The average molecular weight is 415 g/mol. The van der Waals surface area contributed by atoms with Crippen molar-refractivity contribution in [1.82, 2.24) is 10.6 Å². The van der Waals surface area contributed by atoms with Crippen molar-refractivity contribution in [2.75, 3.05) is 6.54 Å². The number of amides is 1. The molecule has 1 aromatic carbocycles. The van der Waals surface area contributed by atoms with Crippen LogP contribution in [0.2, 0.25) is 0 Å². The van der Waals surface area contributed by atoms with Gasteiger partial charge in [0.25, 0.3) is 12.4 Å². The first-order valence-electron chi connectivity index (χ1n) is 10.1. The molecule has 7 heteroatoms. The van der Waals surface area contributed by atoms with Crippen LogP contribution in [0.3, 0.4) is 0 Å². The summed E-state index contributed by atoms with van der Waals surface area (Å²) in [6, 6.07) is 8.53. The Hall–Kier alpha value is -2.93. The fourth-order valence-electron chi connectivity index (χ4n) is 3.10. The molecule has 2 atom stereocenters. The van der Waals surface area contributed by atoms with Gasteiger partial charge in [-0.25, -0.2) is 0 Å². The summed E-state index contributed by atoms with van der Waals surface area (Å²) in [5.41, 5.74) is 0.527. The number of ketones is 1. The van der Waals surface area contributed by atoms with E-state index >= 15 is 0 Å². The van der Waals surface area contributed by atoms with Crippen LogP contribution in [0, 0.1) is 0 Å². The maximum atomic E-state index is 12.4. The van der Waals surface area contributed by atoms with Crippen LogP contribution in [0.5, 0.6) is 0 Å². The molecule has 2 unspecified atom stereocenters. The van der Waals surface area contributed by atoms with Crippen LogP contribution < -0.4 is 10.6 Å². The van der Waals surface area contributed by atoms with E-state index in [0.717, 1.165) is 31.4 Å². The molecule has 2 fully saturated rings. The third-order valence-electron chi connectivity index (χ3n) is 4.62. The number of carbonyl (C=O) groups excluding carboxylic acids is 3. The van der Waals surface area contributed by atoms with Crippen LogP contribution in [-0.4, -0.2) is 47.5 Å². The SMILES string of the molecule is CC(C)(C)OC=O.O=C1NC(C=Cc2ccccc2)C(=O)C1=C(O)C1CCCCN1. The summed E-state index contributed by atoms with van der Waals surface area (Å²) in [7, 11) is 0. The van der Waals surface area contributed by atoms with Gasteiger partial charge in [-0.3, -0.25) is 14.4 Å². The summed E-state index contributed by atoms with van der Waals surface area (Å²) in [5, 5.41) is 16.1. The van der Waals surface area contributed by atoms with Crippen LogP contribution in [-0.2, 0) is 19.1 Å². The van der Waals surface area contributed by atoms with Gasteiger partial charge >= 0.3 is 0 Å². The predicted molar refractivity (Wildman–Crippen MR) is 115 cm³/mol. The van der Waals surface area contributed by atoms with E-state index in [1.807, 2.05) is 51.1 Å². The van der Waals surface area contributed by atoms with E-state index in [1.165, 1.54) is 0 Å². The molecule has 0 bridgehead atoms. The molecule has 162 valence electrons. The Bertz CT molecular complexity index is 803. The van der Waals surface area contributed by atoms with Crippen molar-refractivity contribution >= 4 is 24.2 Å². The number of ether oxygens (including phenoxy) is 1. The Morgan fingerprint density at radius 1 is 1.17 bits per heavy atom. The molecule has 2 heterocycles. The minimum atomic E-state index is -0.719. The van der Waals surface area contributed by atoms with Gasteiger partial charge in [0.15, 0.2) is 5.78 Å². The number of Topliss-reactive ketones (excluding diaryl/α,β-unsaturated/α-hetero) is 1. The van der Waals surface area contributed by atoms with E-state index in [2.05, 4.69) is 15.4 Å². The van der Waals surface area contributed by atoms with Crippen molar-refractivity contribution < 1.29 is 24.2 Å². The maximum absolute atomic E-state index is 12.4. The van der Waals surface area contributed by atoms with Gasteiger partial charge in [0.05, 0.1) is 6.04 Å². The van der Waals surface area contributed by atoms with Crippen LogP contribution in [0.4, 0.5) is 0 Å². The van der Waals surface area contributed by atoms with Gasteiger partial charge in [-0.1, -0.05) is 48.9 Å². The highest BCUT2D eigenvalue weighted by Gasteiger charge is 2.38. The van der Waals surface area contributed by atoms with Crippen molar-refractivity contribution in [3.8, 4) is 0 Å². The first-order chi connectivity index (χ1) is 14.2. The number of hydrogen-bond donors (Lipinski definition) is 3. The summed E-state index contributed by atoms with van der Waals surface area (Å²) >= 11 is 0. The second-order valence-electron chi connectivity index (χ2n) is 8.17. The fraction of sp³-hybridized carbons (Fsp3) is 0.435. The molecule has 1 amide bonds. The van der Waals surface area contributed by atoms with Crippen LogP contribution in [0.1, 0.15) is 45.6 Å². The molecule has 2 aliphatic rings. The molecule has 2 aliphatic heterocycles. The number of hydrogen-bond acceptors (Lipinski definition) is 6. The number of carbonyl (C=O) groups is 3. The Morgan fingerprint density at radius 2 is 1.87 bits per heavy atom. The number of benzene rings is 1. The van der Waals surface area contributed by atoms with Crippen LogP contribution in [0.15, 0.2) is 47.7 Å². The predicted octanol–water partition coefficient (Wildman–Crippen LogP) is 2.68. The summed E-state index contributed by atoms with van der Waals surface area (Å²) in [6.45, 7) is 6.71. The largest absolute Gasteiger partial charge is 0.510 e. The van der Waals surface area contributed by atoms with E-state index in [-0.39, 0.29) is 28.8 Å². The normalized spacial score (nSPS) is 23.4. The lowest BCUT2D eigenvalue weighted by molar-refractivity contribution is -0.138. The third kappa shape index (κ3) is 6.84. The summed E-state index contributed by atoms with van der Waals surface area (Å²) in [6.07, 6.45) is 6.20.